The maximum absolute atomic E-state index is 11.3. The van der Waals surface area contributed by atoms with Gasteiger partial charge in [-0.25, -0.2) is 4.79 Å². The van der Waals surface area contributed by atoms with E-state index in [9.17, 15) is 4.79 Å². The second-order valence-corrected chi connectivity index (χ2v) is 3.67. The Kier molecular flexibility index (Phi) is 5.27. The van der Waals surface area contributed by atoms with Gasteiger partial charge in [0.1, 0.15) is 6.07 Å². The number of hydrogen-bond acceptors (Lipinski definition) is 3. The smallest absolute Gasteiger partial charge is 0.319 e. The number of anilines is 1. The van der Waals surface area contributed by atoms with E-state index in [1.807, 2.05) is 6.07 Å². The van der Waals surface area contributed by atoms with Crippen LogP contribution >= 0.6 is 11.6 Å². The van der Waals surface area contributed by atoms with Crippen molar-refractivity contribution < 1.29 is 9.90 Å². The first-order chi connectivity index (χ1) is 8.17. The van der Waals surface area contributed by atoms with E-state index in [1.165, 1.54) is 12.1 Å². The van der Waals surface area contributed by atoms with E-state index in [2.05, 4.69) is 10.6 Å². The molecule has 1 rings (SSSR count). The van der Waals surface area contributed by atoms with Gasteiger partial charge >= 0.3 is 6.03 Å². The summed E-state index contributed by atoms with van der Waals surface area (Å²) in [6, 6.07) is 6.19. The molecule has 6 heteroatoms. The summed E-state index contributed by atoms with van der Waals surface area (Å²) in [5.74, 6) is 0. The molecular formula is C11H12ClN3O2. The van der Waals surface area contributed by atoms with E-state index < -0.39 is 0 Å². The lowest BCUT2D eigenvalue weighted by Gasteiger charge is -2.07. The molecule has 0 aliphatic heterocycles. The van der Waals surface area contributed by atoms with Crippen molar-refractivity contribution in [3.8, 4) is 6.07 Å². The Hall–Kier alpha value is -1.77. The number of carbonyl (C=O) groups excluding carboxylic acids is 1. The average Bonchev–Trinajstić information content (AvgIpc) is 2.29. The highest BCUT2D eigenvalue weighted by atomic mass is 35.5. The molecule has 2 amide bonds. The van der Waals surface area contributed by atoms with Gasteiger partial charge < -0.3 is 15.7 Å². The van der Waals surface area contributed by atoms with Crippen molar-refractivity contribution >= 4 is 23.3 Å². The fourth-order valence-corrected chi connectivity index (χ4v) is 1.36. The SMILES string of the molecule is N#Cc1ccc(NC(=O)NCCCO)cc1Cl. The molecule has 1 aromatic carbocycles. The van der Waals surface area contributed by atoms with Gasteiger partial charge in [0, 0.05) is 18.8 Å². The molecule has 0 saturated heterocycles. The summed E-state index contributed by atoms with van der Waals surface area (Å²) in [5.41, 5.74) is 0.869. The van der Waals surface area contributed by atoms with Crippen LogP contribution in [0.4, 0.5) is 10.5 Å². The Bertz CT molecular complexity index is 443. The zero-order chi connectivity index (χ0) is 12.7. The lowest BCUT2D eigenvalue weighted by Crippen LogP contribution is -2.29. The summed E-state index contributed by atoms with van der Waals surface area (Å²) in [6.07, 6.45) is 0.502. The Labute approximate surface area is 104 Å². The molecule has 0 heterocycles. The molecule has 1 aromatic rings. The van der Waals surface area contributed by atoms with Gasteiger partial charge in [0.05, 0.1) is 10.6 Å². The number of nitriles is 1. The minimum absolute atomic E-state index is 0.0307. The highest BCUT2D eigenvalue weighted by Crippen LogP contribution is 2.19. The standard InChI is InChI=1S/C11H12ClN3O2/c12-10-6-9(3-2-8(10)7-13)15-11(17)14-4-1-5-16/h2-3,6,16H,1,4-5H2,(H2,14,15,17). The number of hydrogen-bond donors (Lipinski definition) is 3. The van der Waals surface area contributed by atoms with E-state index in [0.717, 1.165) is 0 Å². The molecule has 0 spiro atoms. The first-order valence-electron chi connectivity index (χ1n) is 5.02. The van der Waals surface area contributed by atoms with Crippen LogP contribution in [0.25, 0.3) is 0 Å². The van der Waals surface area contributed by atoms with Gasteiger partial charge in [0.25, 0.3) is 0 Å². The molecule has 0 fully saturated rings. The first-order valence-corrected chi connectivity index (χ1v) is 5.40. The van der Waals surface area contributed by atoms with Crippen LogP contribution in [0.2, 0.25) is 5.02 Å². The number of nitrogens with one attached hydrogen (secondary N) is 2. The number of aliphatic hydroxyl groups is 1. The van der Waals surface area contributed by atoms with Crippen LogP contribution < -0.4 is 10.6 Å². The van der Waals surface area contributed by atoms with Crippen LogP contribution in [0.15, 0.2) is 18.2 Å². The molecule has 0 radical (unpaired) electrons. The van der Waals surface area contributed by atoms with Crippen molar-refractivity contribution in [2.75, 3.05) is 18.5 Å². The Morgan fingerprint density at radius 3 is 2.88 bits per heavy atom. The zero-order valence-corrected chi connectivity index (χ0v) is 9.79. The molecule has 5 nitrogen and oxygen atoms in total. The van der Waals surface area contributed by atoms with Crippen molar-refractivity contribution in [1.29, 1.82) is 5.26 Å². The molecule has 17 heavy (non-hydrogen) atoms. The maximum Gasteiger partial charge on any atom is 0.319 e. The Morgan fingerprint density at radius 1 is 1.53 bits per heavy atom. The third-order valence-corrected chi connectivity index (χ3v) is 2.28. The molecule has 90 valence electrons. The molecule has 0 atom stereocenters. The quantitative estimate of drug-likeness (QED) is 0.714. The fraction of sp³-hybridized carbons (Fsp3) is 0.273. The van der Waals surface area contributed by atoms with E-state index in [0.29, 0.717) is 29.2 Å². The summed E-state index contributed by atoms with van der Waals surface area (Å²) < 4.78 is 0. The number of amides is 2. The second-order valence-electron chi connectivity index (χ2n) is 3.26. The average molecular weight is 254 g/mol. The van der Waals surface area contributed by atoms with Crippen LogP contribution in [0.5, 0.6) is 0 Å². The summed E-state index contributed by atoms with van der Waals surface area (Å²) in [7, 11) is 0. The zero-order valence-electron chi connectivity index (χ0n) is 9.03. The molecular weight excluding hydrogens is 242 g/mol. The minimum Gasteiger partial charge on any atom is -0.396 e. The van der Waals surface area contributed by atoms with Gasteiger partial charge in [-0.15, -0.1) is 0 Å². The molecule has 0 saturated carbocycles. The van der Waals surface area contributed by atoms with E-state index in [-0.39, 0.29) is 12.6 Å². The Balaban J connectivity index is 2.55. The van der Waals surface area contributed by atoms with Crippen molar-refractivity contribution in [3.05, 3.63) is 28.8 Å². The van der Waals surface area contributed by atoms with E-state index in [4.69, 9.17) is 22.0 Å². The summed E-state index contributed by atoms with van der Waals surface area (Å²) >= 11 is 5.81. The summed E-state index contributed by atoms with van der Waals surface area (Å²) in [6.45, 7) is 0.426. The van der Waals surface area contributed by atoms with Crippen LogP contribution in [-0.4, -0.2) is 24.3 Å². The number of aliphatic hydroxyl groups excluding tert-OH is 1. The summed E-state index contributed by atoms with van der Waals surface area (Å²) in [5, 5.41) is 22.6. The predicted octanol–water partition coefficient (Wildman–Crippen LogP) is 1.72. The van der Waals surface area contributed by atoms with Gasteiger partial charge in [-0.1, -0.05) is 11.6 Å². The van der Waals surface area contributed by atoms with Gasteiger partial charge in [-0.3, -0.25) is 0 Å². The minimum atomic E-state index is -0.376. The number of rotatable bonds is 4. The third-order valence-electron chi connectivity index (χ3n) is 1.97. The van der Waals surface area contributed by atoms with Gasteiger partial charge in [0.15, 0.2) is 0 Å². The summed E-state index contributed by atoms with van der Waals surface area (Å²) in [4.78, 5) is 11.3. The van der Waals surface area contributed by atoms with Crippen molar-refractivity contribution in [3.63, 3.8) is 0 Å². The van der Waals surface area contributed by atoms with Gasteiger partial charge in [-0.05, 0) is 24.6 Å². The van der Waals surface area contributed by atoms with Crippen LogP contribution in [0, 0.1) is 11.3 Å². The normalized spacial score (nSPS) is 9.47. The maximum atomic E-state index is 11.3. The van der Waals surface area contributed by atoms with E-state index >= 15 is 0 Å². The van der Waals surface area contributed by atoms with Gasteiger partial charge in [-0.2, -0.15) is 5.26 Å². The highest BCUT2D eigenvalue weighted by Gasteiger charge is 2.04. The van der Waals surface area contributed by atoms with Gasteiger partial charge in [0.2, 0.25) is 0 Å². The molecule has 0 unspecified atom stereocenters. The highest BCUT2D eigenvalue weighted by molar-refractivity contribution is 6.32. The van der Waals surface area contributed by atoms with E-state index in [1.54, 1.807) is 6.07 Å². The van der Waals surface area contributed by atoms with Crippen LogP contribution in [0.3, 0.4) is 0 Å². The van der Waals surface area contributed by atoms with Crippen molar-refractivity contribution in [2.45, 2.75) is 6.42 Å². The molecule has 0 aliphatic carbocycles. The Morgan fingerprint density at radius 2 is 2.29 bits per heavy atom. The van der Waals surface area contributed by atoms with Crippen molar-refractivity contribution in [2.24, 2.45) is 0 Å². The lowest BCUT2D eigenvalue weighted by molar-refractivity contribution is 0.249. The van der Waals surface area contributed by atoms with Crippen molar-refractivity contribution in [1.82, 2.24) is 5.32 Å². The monoisotopic (exact) mass is 253 g/mol. The van der Waals surface area contributed by atoms with Crippen LogP contribution in [-0.2, 0) is 0 Å². The molecule has 3 N–H and O–H groups in total. The topological polar surface area (TPSA) is 85.2 Å². The number of carbonyl (C=O) groups is 1. The number of halogens is 1. The predicted molar refractivity (Wildman–Crippen MR) is 64.9 cm³/mol. The first kappa shape index (κ1) is 13.3. The fourth-order valence-electron chi connectivity index (χ4n) is 1.14. The number of benzene rings is 1. The largest absolute Gasteiger partial charge is 0.396 e. The molecule has 0 bridgehead atoms. The second kappa shape index (κ2) is 6.74. The number of nitrogens with zero attached hydrogens (tertiary/aromatic N) is 1. The molecule has 0 aromatic heterocycles. The molecule has 0 aliphatic rings. The number of urea groups is 1. The lowest BCUT2D eigenvalue weighted by atomic mass is 10.2. The van der Waals surface area contributed by atoms with Crippen LogP contribution in [0.1, 0.15) is 12.0 Å². The third kappa shape index (κ3) is 4.31.